The summed E-state index contributed by atoms with van der Waals surface area (Å²) >= 11 is 0. The zero-order chi connectivity index (χ0) is 13.0. The van der Waals surface area contributed by atoms with Gasteiger partial charge in [0, 0.05) is 12.2 Å². The van der Waals surface area contributed by atoms with Crippen LogP contribution in [0.3, 0.4) is 0 Å². The van der Waals surface area contributed by atoms with E-state index in [0.29, 0.717) is 11.5 Å². The van der Waals surface area contributed by atoms with Crippen LogP contribution in [0.1, 0.15) is 27.2 Å². The fraction of sp³-hybridized carbons (Fsp3) is 0.412. The second kappa shape index (κ2) is 5.43. The molecule has 1 heteroatoms. The molecule has 0 fully saturated rings. The zero-order valence-electron chi connectivity index (χ0n) is 11.6. The van der Waals surface area contributed by atoms with Crippen LogP contribution in [0.5, 0.6) is 0 Å². The standard InChI is InChI=1S/C17H23N/c1-17(2,3)14-18(15-10-6-4-7-11-15)16-12-8-5-9-13-16/h4-12,16H,13-14H2,1-3H3. The highest BCUT2D eigenvalue weighted by Crippen LogP contribution is 2.26. The first kappa shape index (κ1) is 12.9. The first-order valence-corrected chi connectivity index (χ1v) is 6.71. The van der Waals surface area contributed by atoms with Gasteiger partial charge in [0.05, 0.1) is 6.04 Å². The van der Waals surface area contributed by atoms with Crippen LogP contribution in [0.25, 0.3) is 0 Å². The van der Waals surface area contributed by atoms with Gasteiger partial charge in [-0.3, -0.25) is 0 Å². The Morgan fingerprint density at radius 3 is 2.39 bits per heavy atom. The molecule has 0 radical (unpaired) electrons. The summed E-state index contributed by atoms with van der Waals surface area (Å²) in [4.78, 5) is 2.51. The largest absolute Gasteiger partial charge is 0.364 e. The van der Waals surface area contributed by atoms with Crippen molar-refractivity contribution in [3.63, 3.8) is 0 Å². The highest BCUT2D eigenvalue weighted by Gasteiger charge is 2.22. The van der Waals surface area contributed by atoms with Crippen LogP contribution in [-0.4, -0.2) is 12.6 Å². The van der Waals surface area contributed by atoms with Crippen molar-refractivity contribution in [2.75, 3.05) is 11.4 Å². The Labute approximate surface area is 111 Å². The lowest BCUT2D eigenvalue weighted by atomic mass is 9.93. The van der Waals surface area contributed by atoms with E-state index in [1.54, 1.807) is 0 Å². The quantitative estimate of drug-likeness (QED) is 0.757. The minimum absolute atomic E-state index is 0.296. The molecular formula is C17H23N. The molecule has 0 N–H and O–H groups in total. The van der Waals surface area contributed by atoms with Gasteiger partial charge in [-0.25, -0.2) is 0 Å². The third-order valence-electron chi connectivity index (χ3n) is 3.09. The highest BCUT2D eigenvalue weighted by molar-refractivity contribution is 5.49. The van der Waals surface area contributed by atoms with Crippen LogP contribution >= 0.6 is 0 Å². The van der Waals surface area contributed by atoms with E-state index in [0.717, 1.165) is 13.0 Å². The molecule has 0 spiro atoms. The van der Waals surface area contributed by atoms with E-state index in [-0.39, 0.29) is 0 Å². The fourth-order valence-electron chi connectivity index (χ4n) is 2.33. The molecule has 1 aliphatic rings. The van der Waals surface area contributed by atoms with Crippen molar-refractivity contribution in [2.24, 2.45) is 5.41 Å². The van der Waals surface area contributed by atoms with Crippen molar-refractivity contribution in [3.05, 3.63) is 54.6 Å². The summed E-state index contributed by atoms with van der Waals surface area (Å²) in [6.07, 6.45) is 9.95. The van der Waals surface area contributed by atoms with Gasteiger partial charge in [-0.1, -0.05) is 63.3 Å². The Balaban J connectivity index is 2.23. The summed E-state index contributed by atoms with van der Waals surface area (Å²) in [5.74, 6) is 0. The molecule has 0 amide bonds. The van der Waals surface area contributed by atoms with Gasteiger partial charge in [0.2, 0.25) is 0 Å². The second-order valence-corrected chi connectivity index (χ2v) is 6.14. The van der Waals surface area contributed by atoms with Gasteiger partial charge in [-0.15, -0.1) is 0 Å². The van der Waals surface area contributed by atoms with E-state index >= 15 is 0 Å². The molecule has 0 aliphatic heterocycles. The molecule has 0 heterocycles. The van der Waals surface area contributed by atoms with Crippen LogP contribution in [0.2, 0.25) is 0 Å². The van der Waals surface area contributed by atoms with Crippen molar-refractivity contribution >= 4 is 5.69 Å². The van der Waals surface area contributed by atoms with E-state index in [9.17, 15) is 0 Å². The predicted molar refractivity (Wildman–Crippen MR) is 79.9 cm³/mol. The Kier molecular flexibility index (Phi) is 3.90. The van der Waals surface area contributed by atoms with E-state index < -0.39 is 0 Å². The van der Waals surface area contributed by atoms with Gasteiger partial charge in [-0.2, -0.15) is 0 Å². The molecule has 1 nitrogen and oxygen atoms in total. The molecule has 0 aromatic heterocycles. The lowest BCUT2D eigenvalue weighted by molar-refractivity contribution is 0.400. The minimum Gasteiger partial charge on any atom is -0.364 e. The maximum absolute atomic E-state index is 2.51. The number of anilines is 1. The molecule has 1 atom stereocenters. The number of benzene rings is 1. The number of hydrogen-bond acceptors (Lipinski definition) is 1. The SMILES string of the molecule is CC(C)(C)CN(c1ccccc1)C1C=CC=CC1. The van der Waals surface area contributed by atoms with Gasteiger partial charge in [0.1, 0.15) is 0 Å². The second-order valence-electron chi connectivity index (χ2n) is 6.14. The molecule has 18 heavy (non-hydrogen) atoms. The number of rotatable bonds is 3. The third kappa shape index (κ3) is 3.49. The molecule has 2 rings (SSSR count). The minimum atomic E-state index is 0.296. The Hall–Kier alpha value is -1.50. The molecule has 0 bridgehead atoms. The molecule has 96 valence electrons. The van der Waals surface area contributed by atoms with Gasteiger partial charge in [-0.05, 0) is 24.0 Å². The molecule has 1 unspecified atom stereocenters. The van der Waals surface area contributed by atoms with Crippen LogP contribution in [-0.2, 0) is 0 Å². The number of para-hydroxylation sites is 1. The van der Waals surface area contributed by atoms with Crippen LogP contribution in [0.15, 0.2) is 54.6 Å². The summed E-state index contributed by atoms with van der Waals surface area (Å²) in [7, 11) is 0. The monoisotopic (exact) mass is 241 g/mol. The van der Waals surface area contributed by atoms with Crippen molar-refractivity contribution in [1.82, 2.24) is 0 Å². The van der Waals surface area contributed by atoms with Crippen LogP contribution in [0.4, 0.5) is 5.69 Å². The fourth-order valence-corrected chi connectivity index (χ4v) is 2.33. The Morgan fingerprint density at radius 1 is 1.11 bits per heavy atom. The molecule has 0 saturated heterocycles. The summed E-state index contributed by atoms with van der Waals surface area (Å²) in [6.45, 7) is 7.96. The van der Waals surface area contributed by atoms with Crippen LogP contribution < -0.4 is 4.90 Å². The lowest BCUT2D eigenvalue weighted by Crippen LogP contribution is -2.40. The number of hydrogen-bond donors (Lipinski definition) is 0. The zero-order valence-corrected chi connectivity index (χ0v) is 11.6. The average Bonchev–Trinajstić information content (AvgIpc) is 2.37. The number of allylic oxidation sites excluding steroid dienone is 2. The van der Waals surface area contributed by atoms with Crippen molar-refractivity contribution < 1.29 is 0 Å². The Bertz CT molecular complexity index is 423. The molecular weight excluding hydrogens is 218 g/mol. The van der Waals surface area contributed by atoms with Gasteiger partial charge < -0.3 is 4.90 Å². The molecule has 0 saturated carbocycles. The maximum atomic E-state index is 2.51. The van der Waals surface area contributed by atoms with Crippen molar-refractivity contribution in [2.45, 2.75) is 33.2 Å². The first-order valence-electron chi connectivity index (χ1n) is 6.71. The van der Waals surface area contributed by atoms with Gasteiger partial charge in [0.25, 0.3) is 0 Å². The molecule has 1 aromatic carbocycles. The highest BCUT2D eigenvalue weighted by atomic mass is 15.2. The lowest BCUT2D eigenvalue weighted by Gasteiger charge is -2.37. The van der Waals surface area contributed by atoms with Crippen LogP contribution in [0, 0.1) is 5.41 Å². The van der Waals surface area contributed by atoms with Crippen molar-refractivity contribution in [1.29, 1.82) is 0 Å². The smallest absolute Gasteiger partial charge is 0.0510 e. The van der Waals surface area contributed by atoms with E-state index in [1.807, 2.05) is 0 Å². The Morgan fingerprint density at radius 2 is 1.83 bits per heavy atom. The summed E-state index contributed by atoms with van der Waals surface area (Å²) in [5, 5.41) is 0. The normalized spacial score (nSPS) is 18.9. The average molecular weight is 241 g/mol. The topological polar surface area (TPSA) is 3.24 Å². The first-order chi connectivity index (χ1) is 8.56. The molecule has 1 aromatic rings. The molecule has 1 aliphatic carbocycles. The third-order valence-corrected chi connectivity index (χ3v) is 3.09. The number of nitrogens with zero attached hydrogens (tertiary/aromatic N) is 1. The maximum Gasteiger partial charge on any atom is 0.0510 e. The van der Waals surface area contributed by atoms with Gasteiger partial charge in [0.15, 0.2) is 0 Å². The summed E-state index contributed by atoms with van der Waals surface area (Å²) in [6, 6.07) is 11.2. The summed E-state index contributed by atoms with van der Waals surface area (Å²) < 4.78 is 0. The van der Waals surface area contributed by atoms with E-state index in [1.165, 1.54) is 5.69 Å². The summed E-state index contributed by atoms with van der Waals surface area (Å²) in [5.41, 5.74) is 1.61. The predicted octanol–water partition coefficient (Wildman–Crippen LogP) is 4.42. The van der Waals surface area contributed by atoms with E-state index in [2.05, 4.69) is 80.3 Å². The van der Waals surface area contributed by atoms with E-state index in [4.69, 9.17) is 0 Å². The van der Waals surface area contributed by atoms with Gasteiger partial charge >= 0.3 is 0 Å². The van der Waals surface area contributed by atoms with Crippen molar-refractivity contribution in [3.8, 4) is 0 Å².